The molecule has 5 rings (SSSR count). The monoisotopic (exact) mass is 602 g/mol. The van der Waals surface area contributed by atoms with Crippen LogP contribution in [0.1, 0.15) is 67.6 Å². The van der Waals surface area contributed by atoms with Gasteiger partial charge >= 0.3 is 0 Å². The van der Waals surface area contributed by atoms with Crippen molar-refractivity contribution in [2.75, 3.05) is 24.7 Å². The third-order valence-corrected chi connectivity index (χ3v) is 7.50. The van der Waals surface area contributed by atoms with Crippen molar-refractivity contribution in [1.82, 2.24) is 28.9 Å². The summed E-state index contributed by atoms with van der Waals surface area (Å²) in [5.41, 5.74) is 12.1. The SMILES string of the molecule is CN(C(=N)N)C(=O)c1cc(NC(=O)c2cnc(C(=O)Nc3cc(C(=O)N(C)C(=N)N)n(CC4CC4)c3)cn2)cn1CC1CC1. The van der Waals surface area contributed by atoms with Crippen molar-refractivity contribution < 1.29 is 19.2 Å². The molecule has 16 nitrogen and oxygen atoms in total. The minimum atomic E-state index is -0.596. The summed E-state index contributed by atoms with van der Waals surface area (Å²) in [5, 5.41) is 20.5. The molecule has 4 amide bonds. The number of hydrogen-bond donors (Lipinski definition) is 6. The number of nitrogens with one attached hydrogen (secondary N) is 4. The van der Waals surface area contributed by atoms with E-state index >= 15 is 0 Å². The van der Waals surface area contributed by atoms with E-state index in [4.69, 9.17) is 22.3 Å². The maximum Gasteiger partial charge on any atom is 0.276 e. The number of carbonyl (C=O) groups excluding carboxylic acids is 4. The lowest BCUT2D eigenvalue weighted by Gasteiger charge is -2.16. The second kappa shape index (κ2) is 12.0. The summed E-state index contributed by atoms with van der Waals surface area (Å²) in [6.45, 7) is 1.19. The van der Waals surface area contributed by atoms with E-state index in [-0.39, 0.29) is 22.8 Å². The maximum atomic E-state index is 12.9. The Bertz CT molecular complexity index is 1530. The van der Waals surface area contributed by atoms with E-state index in [1.54, 1.807) is 21.5 Å². The largest absolute Gasteiger partial charge is 0.370 e. The molecule has 16 heteroatoms. The van der Waals surface area contributed by atoms with Crippen LogP contribution >= 0.6 is 0 Å². The zero-order valence-electron chi connectivity index (χ0n) is 24.3. The molecule has 8 N–H and O–H groups in total. The first-order valence-electron chi connectivity index (χ1n) is 14.0. The van der Waals surface area contributed by atoms with Gasteiger partial charge in [-0.1, -0.05) is 0 Å². The molecule has 0 atom stereocenters. The molecule has 0 radical (unpaired) electrons. The number of guanidine groups is 2. The topological polar surface area (TPSA) is 234 Å². The number of nitrogens with zero attached hydrogens (tertiary/aromatic N) is 6. The first-order chi connectivity index (χ1) is 20.9. The predicted molar refractivity (Wildman–Crippen MR) is 160 cm³/mol. The molecular formula is C28H34N12O4. The number of anilines is 2. The summed E-state index contributed by atoms with van der Waals surface area (Å²) in [6, 6.07) is 3.03. The van der Waals surface area contributed by atoms with Crippen molar-refractivity contribution in [3.8, 4) is 0 Å². The van der Waals surface area contributed by atoms with Crippen LogP contribution in [0.3, 0.4) is 0 Å². The molecule has 230 valence electrons. The Morgan fingerprint density at radius 1 is 0.773 bits per heavy atom. The van der Waals surface area contributed by atoms with Crippen LogP contribution in [-0.4, -0.2) is 78.5 Å². The van der Waals surface area contributed by atoms with Crippen molar-refractivity contribution in [2.24, 2.45) is 23.3 Å². The fourth-order valence-corrected chi connectivity index (χ4v) is 4.49. The van der Waals surface area contributed by atoms with Crippen molar-refractivity contribution in [3.63, 3.8) is 0 Å². The standard InChI is InChI=1S/C28H34N12O4/c1-37(27(29)30)25(43)21-7-17(13-39(21)11-15-3-4-15)35-23(41)19-9-34-20(10-33-19)24(42)36-18-8-22(26(44)38(2)28(31)32)40(14-18)12-16-5-6-16/h7-10,13-16H,3-6,11-12H2,1-2H3,(H3,29,30)(H3,31,32)(H,35,41)(H,36,42). The summed E-state index contributed by atoms with van der Waals surface area (Å²) in [4.78, 5) is 61.7. The number of amides is 4. The third-order valence-electron chi connectivity index (χ3n) is 7.50. The van der Waals surface area contributed by atoms with Crippen LogP contribution in [0.25, 0.3) is 0 Å². The van der Waals surface area contributed by atoms with Gasteiger partial charge in [0.15, 0.2) is 11.9 Å². The zero-order chi connectivity index (χ0) is 31.7. The maximum absolute atomic E-state index is 12.9. The summed E-state index contributed by atoms with van der Waals surface area (Å²) in [6.07, 6.45) is 9.82. The minimum absolute atomic E-state index is 0.0547. The highest BCUT2D eigenvalue weighted by molar-refractivity contribution is 6.08. The quantitative estimate of drug-likeness (QED) is 0.146. The summed E-state index contributed by atoms with van der Waals surface area (Å²) < 4.78 is 3.48. The number of nitrogens with two attached hydrogens (primary N) is 2. The van der Waals surface area contributed by atoms with E-state index in [2.05, 4.69) is 20.6 Å². The molecule has 2 aliphatic rings. The lowest BCUT2D eigenvalue weighted by Crippen LogP contribution is -2.38. The second-order valence-corrected chi connectivity index (χ2v) is 11.1. The van der Waals surface area contributed by atoms with Crippen molar-refractivity contribution in [2.45, 2.75) is 38.8 Å². The van der Waals surface area contributed by atoms with E-state index in [0.29, 0.717) is 36.3 Å². The highest BCUT2D eigenvalue weighted by atomic mass is 16.2. The normalized spacial score (nSPS) is 14.0. The Hall–Kier alpha value is -5.54. The molecule has 44 heavy (non-hydrogen) atoms. The Balaban J connectivity index is 1.26. The number of aromatic nitrogens is 4. The average molecular weight is 603 g/mol. The van der Waals surface area contributed by atoms with Gasteiger partial charge < -0.3 is 31.2 Å². The van der Waals surface area contributed by atoms with Gasteiger partial charge in [-0.25, -0.2) is 9.97 Å². The minimum Gasteiger partial charge on any atom is -0.370 e. The Labute approximate surface area is 252 Å². The first-order valence-corrected chi connectivity index (χ1v) is 14.0. The Morgan fingerprint density at radius 3 is 1.43 bits per heavy atom. The fraction of sp³-hybridized carbons (Fsp3) is 0.357. The van der Waals surface area contributed by atoms with Crippen LogP contribution < -0.4 is 22.1 Å². The van der Waals surface area contributed by atoms with E-state index in [9.17, 15) is 19.2 Å². The number of rotatable bonds is 10. The molecule has 3 heterocycles. The molecular weight excluding hydrogens is 568 g/mol. The molecule has 0 saturated heterocycles. The number of hydrogen-bond acceptors (Lipinski definition) is 8. The molecule has 2 fully saturated rings. The molecule has 2 saturated carbocycles. The summed E-state index contributed by atoms with van der Waals surface area (Å²) >= 11 is 0. The van der Waals surface area contributed by atoms with Crippen molar-refractivity contribution in [1.29, 1.82) is 10.8 Å². The van der Waals surface area contributed by atoms with Crippen LogP contribution in [0, 0.1) is 22.7 Å². The molecule has 0 bridgehead atoms. The third kappa shape index (κ3) is 6.74. The van der Waals surface area contributed by atoms with E-state index in [0.717, 1.165) is 47.9 Å². The molecule has 0 aromatic carbocycles. The van der Waals surface area contributed by atoms with Crippen LogP contribution in [-0.2, 0) is 13.1 Å². The van der Waals surface area contributed by atoms with Crippen LogP contribution in [0.4, 0.5) is 11.4 Å². The highest BCUT2D eigenvalue weighted by Crippen LogP contribution is 2.33. The Morgan fingerprint density at radius 2 is 1.14 bits per heavy atom. The van der Waals surface area contributed by atoms with Crippen molar-refractivity contribution in [3.05, 3.63) is 59.7 Å². The molecule has 0 aliphatic heterocycles. The van der Waals surface area contributed by atoms with Gasteiger partial charge in [0.2, 0.25) is 0 Å². The van der Waals surface area contributed by atoms with E-state index < -0.39 is 35.5 Å². The van der Waals surface area contributed by atoms with Gasteiger partial charge in [-0.2, -0.15) is 0 Å². The Kier molecular flexibility index (Phi) is 8.15. The average Bonchev–Trinajstić information content (AvgIpc) is 3.91. The van der Waals surface area contributed by atoms with Crippen LogP contribution in [0.15, 0.2) is 36.9 Å². The lowest BCUT2D eigenvalue weighted by atomic mass is 10.3. The number of carbonyl (C=O) groups is 4. The van der Waals surface area contributed by atoms with Gasteiger partial charge in [0, 0.05) is 39.6 Å². The molecule has 0 spiro atoms. The summed E-state index contributed by atoms with van der Waals surface area (Å²) in [7, 11) is 2.81. The van der Waals surface area contributed by atoms with Gasteiger partial charge in [-0.15, -0.1) is 0 Å². The van der Waals surface area contributed by atoms with E-state index in [1.807, 2.05) is 0 Å². The molecule has 0 unspecified atom stereocenters. The van der Waals surface area contributed by atoms with E-state index in [1.165, 1.54) is 26.2 Å². The fourth-order valence-electron chi connectivity index (χ4n) is 4.49. The summed E-state index contributed by atoms with van der Waals surface area (Å²) in [5.74, 6) is -2.05. The smallest absolute Gasteiger partial charge is 0.276 e. The molecule has 3 aromatic rings. The van der Waals surface area contributed by atoms with Crippen molar-refractivity contribution >= 4 is 46.9 Å². The predicted octanol–water partition coefficient (Wildman–Crippen LogP) is 1.34. The molecule has 3 aromatic heterocycles. The second-order valence-electron chi connectivity index (χ2n) is 11.1. The van der Waals surface area contributed by atoms with Gasteiger partial charge in [0.1, 0.15) is 22.8 Å². The van der Waals surface area contributed by atoms with Gasteiger partial charge in [-0.05, 0) is 49.7 Å². The van der Waals surface area contributed by atoms with Gasteiger partial charge in [0.25, 0.3) is 23.6 Å². The zero-order valence-corrected chi connectivity index (χ0v) is 24.3. The van der Waals surface area contributed by atoms with Gasteiger partial charge in [-0.3, -0.25) is 39.8 Å². The first kappa shape index (κ1) is 29.9. The van der Waals surface area contributed by atoms with Crippen LogP contribution in [0.5, 0.6) is 0 Å². The highest BCUT2D eigenvalue weighted by Gasteiger charge is 2.28. The van der Waals surface area contributed by atoms with Gasteiger partial charge in [0.05, 0.1) is 23.8 Å². The lowest BCUT2D eigenvalue weighted by molar-refractivity contribution is 0.0850. The molecule has 2 aliphatic carbocycles. The van der Waals surface area contributed by atoms with Crippen LogP contribution in [0.2, 0.25) is 0 Å².